The third-order valence-corrected chi connectivity index (χ3v) is 5.21. The molecule has 31 heavy (non-hydrogen) atoms. The van der Waals surface area contributed by atoms with Crippen LogP contribution < -0.4 is 10.6 Å². The standard InChI is InChI=1S/C24H26N6O/c1-16-10-19(12-26-17(2)27-14-22(16)20-13-29-30(3)15-20)24(31)25-9-8-18-11-28-23-7-5-4-6-21(18)23/h4-7,10-15,17,27-28H,1,8-9H2,2-3H3,(H,25,31)/b19-10+,22-14+,26-12-. The first-order valence-corrected chi connectivity index (χ1v) is 10.2. The molecule has 1 aliphatic rings. The summed E-state index contributed by atoms with van der Waals surface area (Å²) in [6.07, 6.45) is 11.5. The second-order valence-electron chi connectivity index (χ2n) is 7.57. The number of carbonyl (C=O) groups is 1. The zero-order valence-corrected chi connectivity index (χ0v) is 17.7. The SMILES string of the molecule is C=C1/C=C(C(=O)NCCc2c[nH]c3ccccc23)\C=N/C(C)N/C=C\1c1cnn(C)c1. The number of fused-ring (bicyclic) bond motifs is 1. The maximum absolute atomic E-state index is 12.9. The fraction of sp³-hybridized carbons (Fsp3) is 0.208. The predicted molar refractivity (Wildman–Crippen MR) is 125 cm³/mol. The van der Waals surface area contributed by atoms with Gasteiger partial charge < -0.3 is 15.6 Å². The first-order chi connectivity index (χ1) is 15.0. The number of aryl methyl sites for hydroxylation is 1. The van der Waals surface area contributed by atoms with Crippen LogP contribution in [-0.2, 0) is 18.3 Å². The Morgan fingerprint density at radius 1 is 1.32 bits per heavy atom. The van der Waals surface area contributed by atoms with Crippen molar-refractivity contribution in [2.45, 2.75) is 19.5 Å². The van der Waals surface area contributed by atoms with Crippen LogP contribution in [0.2, 0.25) is 0 Å². The fourth-order valence-electron chi connectivity index (χ4n) is 3.54. The molecule has 3 aromatic rings. The Balaban J connectivity index is 1.48. The van der Waals surface area contributed by atoms with Gasteiger partial charge in [-0.3, -0.25) is 14.5 Å². The van der Waals surface area contributed by atoms with Crippen molar-refractivity contribution in [1.29, 1.82) is 0 Å². The van der Waals surface area contributed by atoms with E-state index in [1.54, 1.807) is 23.2 Å². The summed E-state index contributed by atoms with van der Waals surface area (Å²) in [5.74, 6) is -0.177. The molecule has 0 saturated carbocycles. The van der Waals surface area contributed by atoms with Crippen LogP contribution in [0.3, 0.4) is 0 Å². The number of benzene rings is 1. The van der Waals surface area contributed by atoms with Gasteiger partial charge in [0, 0.05) is 60.4 Å². The molecule has 7 heteroatoms. The summed E-state index contributed by atoms with van der Waals surface area (Å²) < 4.78 is 1.73. The molecule has 3 heterocycles. The summed E-state index contributed by atoms with van der Waals surface area (Å²) in [6.45, 7) is 6.62. The van der Waals surface area contributed by atoms with Gasteiger partial charge in [0.1, 0.15) is 6.17 Å². The highest BCUT2D eigenvalue weighted by Gasteiger charge is 2.14. The number of H-pyrrole nitrogens is 1. The van der Waals surface area contributed by atoms with Crippen molar-refractivity contribution in [2.75, 3.05) is 6.54 Å². The molecule has 158 valence electrons. The van der Waals surface area contributed by atoms with E-state index >= 15 is 0 Å². The number of nitrogens with zero attached hydrogens (tertiary/aromatic N) is 3. The molecule has 0 fully saturated rings. The van der Waals surface area contributed by atoms with Crippen molar-refractivity contribution in [3.05, 3.63) is 84.0 Å². The van der Waals surface area contributed by atoms with E-state index in [4.69, 9.17) is 0 Å². The smallest absolute Gasteiger partial charge is 0.252 e. The predicted octanol–water partition coefficient (Wildman–Crippen LogP) is 3.10. The molecule has 1 atom stereocenters. The number of para-hydroxylation sites is 1. The first-order valence-electron chi connectivity index (χ1n) is 10.2. The quantitative estimate of drug-likeness (QED) is 0.600. The van der Waals surface area contributed by atoms with Crippen molar-refractivity contribution in [2.24, 2.45) is 12.0 Å². The van der Waals surface area contributed by atoms with Crippen LogP contribution in [0, 0.1) is 0 Å². The molecule has 2 aromatic heterocycles. The number of carbonyl (C=O) groups excluding carboxylic acids is 1. The van der Waals surface area contributed by atoms with Crippen LogP contribution in [0.25, 0.3) is 16.5 Å². The first kappa shape index (κ1) is 20.4. The molecule has 3 N–H and O–H groups in total. The molecule has 0 bridgehead atoms. The second kappa shape index (κ2) is 8.87. The van der Waals surface area contributed by atoms with Gasteiger partial charge in [-0.05, 0) is 36.6 Å². The van der Waals surface area contributed by atoms with Gasteiger partial charge in [0.2, 0.25) is 0 Å². The number of aliphatic imine (C=N–C) groups is 1. The highest BCUT2D eigenvalue weighted by atomic mass is 16.1. The minimum Gasteiger partial charge on any atom is -0.369 e. The van der Waals surface area contributed by atoms with E-state index in [1.807, 2.05) is 50.8 Å². The lowest BCUT2D eigenvalue weighted by Crippen LogP contribution is -2.28. The van der Waals surface area contributed by atoms with Crippen molar-refractivity contribution in [1.82, 2.24) is 25.4 Å². The maximum atomic E-state index is 12.9. The lowest BCUT2D eigenvalue weighted by molar-refractivity contribution is -0.116. The van der Waals surface area contributed by atoms with E-state index in [0.717, 1.165) is 23.1 Å². The molecular formula is C24H26N6O. The van der Waals surface area contributed by atoms with E-state index in [2.05, 4.69) is 38.4 Å². The van der Waals surface area contributed by atoms with Crippen LogP contribution >= 0.6 is 0 Å². The number of amides is 1. The highest BCUT2D eigenvalue weighted by Crippen LogP contribution is 2.23. The number of allylic oxidation sites excluding steroid dienone is 3. The number of aromatic nitrogens is 3. The molecule has 0 aliphatic carbocycles. The molecule has 0 spiro atoms. The summed E-state index contributed by atoms with van der Waals surface area (Å²) in [7, 11) is 1.86. The van der Waals surface area contributed by atoms with Crippen molar-refractivity contribution in [3.8, 4) is 0 Å². The second-order valence-corrected chi connectivity index (χ2v) is 7.57. The zero-order valence-electron chi connectivity index (χ0n) is 17.7. The summed E-state index contributed by atoms with van der Waals surface area (Å²) in [5, 5.41) is 11.6. The van der Waals surface area contributed by atoms with E-state index in [0.29, 0.717) is 17.7 Å². The van der Waals surface area contributed by atoms with Crippen LogP contribution in [0.1, 0.15) is 18.1 Å². The van der Waals surface area contributed by atoms with E-state index in [-0.39, 0.29) is 12.1 Å². The highest BCUT2D eigenvalue weighted by molar-refractivity contribution is 6.13. The Hall–Kier alpha value is -3.87. The molecule has 0 radical (unpaired) electrons. The molecule has 1 aromatic carbocycles. The normalized spacial score (nSPS) is 21.1. The average Bonchev–Trinajstić information content (AvgIpc) is 3.38. The molecule has 4 rings (SSSR count). The molecule has 0 saturated heterocycles. The maximum Gasteiger partial charge on any atom is 0.252 e. The van der Waals surface area contributed by atoms with Gasteiger partial charge in [0.25, 0.3) is 5.91 Å². The summed E-state index contributed by atoms with van der Waals surface area (Å²) in [4.78, 5) is 20.6. The Labute approximate surface area is 181 Å². The fourth-order valence-corrected chi connectivity index (χ4v) is 3.54. The number of hydrogen-bond acceptors (Lipinski definition) is 4. The topological polar surface area (TPSA) is 87.1 Å². The molecule has 1 unspecified atom stereocenters. The van der Waals surface area contributed by atoms with Crippen molar-refractivity contribution >= 4 is 28.6 Å². The molecule has 1 aliphatic heterocycles. The Morgan fingerprint density at radius 2 is 2.16 bits per heavy atom. The lowest BCUT2D eigenvalue weighted by atomic mass is 10.0. The van der Waals surface area contributed by atoms with Gasteiger partial charge in [0.15, 0.2) is 0 Å². The number of rotatable bonds is 5. The van der Waals surface area contributed by atoms with Gasteiger partial charge in [0.05, 0.1) is 11.8 Å². The monoisotopic (exact) mass is 414 g/mol. The van der Waals surface area contributed by atoms with E-state index < -0.39 is 0 Å². The van der Waals surface area contributed by atoms with Crippen LogP contribution in [-0.4, -0.2) is 39.6 Å². The minimum absolute atomic E-state index is 0.177. The third-order valence-electron chi connectivity index (χ3n) is 5.21. The van der Waals surface area contributed by atoms with Crippen molar-refractivity contribution in [3.63, 3.8) is 0 Å². The molecule has 1 amide bonds. The van der Waals surface area contributed by atoms with Gasteiger partial charge in [-0.1, -0.05) is 24.8 Å². The molecular weight excluding hydrogens is 388 g/mol. The third kappa shape index (κ3) is 4.66. The summed E-state index contributed by atoms with van der Waals surface area (Å²) in [6, 6.07) is 8.15. The average molecular weight is 415 g/mol. The molecule has 7 nitrogen and oxygen atoms in total. The summed E-state index contributed by atoms with van der Waals surface area (Å²) >= 11 is 0. The number of hydrogen-bond donors (Lipinski definition) is 3. The summed E-state index contributed by atoms with van der Waals surface area (Å²) in [5.41, 5.74) is 5.25. The lowest BCUT2D eigenvalue weighted by Gasteiger charge is -2.09. The van der Waals surface area contributed by atoms with Gasteiger partial charge >= 0.3 is 0 Å². The van der Waals surface area contributed by atoms with E-state index in [1.165, 1.54) is 10.9 Å². The number of aromatic amines is 1. The van der Waals surface area contributed by atoms with E-state index in [9.17, 15) is 4.79 Å². The Bertz CT molecular complexity index is 1210. The minimum atomic E-state index is -0.181. The Kier molecular flexibility index (Phi) is 5.84. The van der Waals surface area contributed by atoms with Crippen LogP contribution in [0.15, 0.2) is 77.8 Å². The Morgan fingerprint density at radius 3 is 2.97 bits per heavy atom. The largest absolute Gasteiger partial charge is 0.369 e. The zero-order chi connectivity index (χ0) is 21.8. The van der Waals surface area contributed by atoms with Gasteiger partial charge in [-0.2, -0.15) is 5.10 Å². The van der Waals surface area contributed by atoms with Gasteiger partial charge in [-0.25, -0.2) is 0 Å². The van der Waals surface area contributed by atoms with Crippen LogP contribution in [0.5, 0.6) is 0 Å². The van der Waals surface area contributed by atoms with Crippen LogP contribution in [0.4, 0.5) is 0 Å². The number of nitrogens with one attached hydrogen (secondary N) is 3. The van der Waals surface area contributed by atoms with Crippen molar-refractivity contribution < 1.29 is 4.79 Å². The van der Waals surface area contributed by atoms with Gasteiger partial charge in [-0.15, -0.1) is 0 Å².